The van der Waals surface area contributed by atoms with Crippen LogP contribution in [0.5, 0.6) is 0 Å². The van der Waals surface area contributed by atoms with Crippen molar-refractivity contribution >= 4 is 32.2 Å². The van der Waals surface area contributed by atoms with Crippen LogP contribution in [0.3, 0.4) is 0 Å². The summed E-state index contributed by atoms with van der Waals surface area (Å²) in [4.78, 5) is 24.2. The van der Waals surface area contributed by atoms with Crippen LogP contribution >= 0.6 is 0 Å². The first-order valence-corrected chi connectivity index (χ1v) is 13.6. The zero-order chi connectivity index (χ0) is 24.7. The van der Waals surface area contributed by atoms with Gasteiger partial charge >= 0.3 is 0 Å². The van der Waals surface area contributed by atoms with E-state index in [0.717, 1.165) is 19.3 Å². The van der Waals surface area contributed by atoms with E-state index in [2.05, 4.69) is 10.3 Å². The summed E-state index contributed by atoms with van der Waals surface area (Å²) in [5.41, 5.74) is 1.96. The highest BCUT2D eigenvalue weighted by atomic mass is 32.2. The van der Waals surface area contributed by atoms with Gasteiger partial charge in [-0.25, -0.2) is 18.4 Å². The molecule has 2 aliphatic heterocycles. The molecule has 10 nitrogen and oxygen atoms in total. The molecule has 4 heterocycles. The predicted molar refractivity (Wildman–Crippen MR) is 134 cm³/mol. The van der Waals surface area contributed by atoms with Crippen molar-refractivity contribution in [3.05, 3.63) is 40.9 Å². The van der Waals surface area contributed by atoms with E-state index in [-0.39, 0.29) is 29.1 Å². The molecule has 35 heavy (non-hydrogen) atoms. The molecule has 0 spiro atoms. The molecule has 2 aromatic heterocycles. The number of fused-ring (bicyclic) bond motifs is 1. The number of ether oxygens (including phenoxy) is 1. The summed E-state index contributed by atoms with van der Waals surface area (Å²) < 4.78 is 32.4. The monoisotopic (exact) mass is 499 g/mol. The minimum atomic E-state index is -3.57. The lowest BCUT2D eigenvalue weighted by Gasteiger charge is -2.27. The van der Waals surface area contributed by atoms with E-state index in [9.17, 15) is 18.3 Å². The second kappa shape index (κ2) is 9.21. The number of hydrogen-bond donors (Lipinski definition) is 2. The molecule has 186 valence electrons. The van der Waals surface area contributed by atoms with Gasteiger partial charge in [-0.2, -0.15) is 0 Å². The molecule has 11 heteroatoms. The first-order valence-electron chi connectivity index (χ1n) is 11.7. The van der Waals surface area contributed by atoms with Crippen LogP contribution in [0.1, 0.15) is 19.3 Å². The van der Waals surface area contributed by atoms with Gasteiger partial charge in [0, 0.05) is 32.0 Å². The van der Waals surface area contributed by atoms with Crippen molar-refractivity contribution in [3.63, 3.8) is 0 Å². The highest BCUT2D eigenvalue weighted by Gasteiger charge is 2.29. The second-order valence-electron chi connectivity index (χ2n) is 9.24. The van der Waals surface area contributed by atoms with Crippen molar-refractivity contribution in [2.24, 2.45) is 7.05 Å². The van der Waals surface area contributed by atoms with E-state index in [1.807, 2.05) is 11.0 Å². The van der Waals surface area contributed by atoms with Crippen LogP contribution < -0.4 is 15.8 Å². The van der Waals surface area contributed by atoms with Gasteiger partial charge in [-0.1, -0.05) is 6.07 Å². The quantitative estimate of drug-likeness (QED) is 0.519. The summed E-state index contributed by atoms with van der Waals surface area (Å²) in [5, 5.41) is 13.5. The smallest absolute Gasteiger partial charge is 0.264 e. The van der Waals surface area contributed by atoms with Gasteiger partial charge < -0.3 is 24.6 Å². The van der Waals surface area contributed by atoms with Crippen molar-refractivity contribution in [1.29, 1.82) is 0 Å². The first-order chi connectivity index (χ1) is 16.8. The zero-order valence-corrected chi connectivity index (χ0v) is 20.6. The Kier molecular flexibility index (Phi) is 6.24. The molecule has 3 aromatic rings. The summed E-state index contributed by atoms with van der Waals surface area (Å²) in [5.74, 6) is 0.409. The van der Waals surface area contributed by atoms with Crippen molar-refractivity contribution in [2.45, 2.75) is 36.2 Å². The number of aryl methyl sites for hydroxylation is 1. The molecule has 2 N–H and O–H groups in total. The maximum atomic E-state index is 12.9. The highest BCUT2D eigenvalue weighted by molar-refractivity contribution is 7.90. The highest BCUT2D eigenvalue weighted by Crippen LogP contribution is 2.35. The maximum absolute atomic E-state index is 12.9. The lowest BCUT2D eigenvalue weighted by molar-refractivity contribution is 0.195. The Morgan fingerprint density at radius 1 is 1.26 bits per heavy atom. The number of hydrogen-bond acceptors (Lipinski definition) is 9. The largest absolute Gasteiger partial charge is 0.394 e. The van der Waals surface area contributed by atoms with Crippen LogP contribution in [0.2, 0.25) is 0 Å². The summed E-state index contributed by atoms with van der Waals surface area (Å²) >= 11 is 0. The summed E-state index contributed by atoms with van der Waals surface area (Å²) in [6, 6.07) is 6.85. The topological polar surface area (TPSA) is 127 Å². The Morgan fingerprint density at radius 3 is 2.80 bits per heavy atom. The number of rotatable bonds is 6. The average molecular weight is 500 g/mol. The van der Waals surface area contributed by atoms with Crippen LogP contribution in [-0.2, 0) is 21.6 Å². The van der Waals surface area contributed by atoms with Gasteiger partial charge in [0.2, 0.25) is 0 Å². The van der Waals surface area contributed by atoms with E-state index in [1.54, 1.807) is 25.2 Å². The van der Waals surface area contributed by atoms with E-state index in [0.29, 0.717) is 53.4 Å². The Hall–Kier alpha value is -3.02. The number of benzene rings is 1. The first kappa shape index (κ1) is 23.7. The molecule has 0 saturated carbocycles. The Labute approximate surface area is 203 Å². The van der Waals surface area contributed by atoms with Crippen LogP contribution in [-0.4, -0.2) is 72.8 Å². The lowest BCUT2D eigenvalue weighted by Crippen LogP contribution is -2.33. The summed E-state index contributed by atoms with van der Waals surface area (Å²) in [6.45, 7) is 1.81. The number of anilines is 2. The van der Waals surface area contributed by atoms with Gasteiger partial charge in [0.25, 0.3) is 5.56 Å². The Balaban J connectivity index is 1.65. The maximum Gasteiger partial charge on any atom is 0.264 e. The van der Waals surface area contributed by atoms with Crippen molar-refractivity contribution in [2.75, 3.05) is 42.8 Å². The normalized spacial score (nSPS) is 20.6. The molecule has 2 saturated heterocycles. The van der Waals surface area contributed by atoms with Gasteiger partial charge in [0.15, 0.2) is 9.84 Å². The SMILES string of the molecule is Cn1cnc2cc(-c3ccc(N4CCC[C@@H]4CO)c(S(C)(=O)=O)c3)nc(N[C@@H]3CCOC3)c2c1=O. The number of sulfone groups is 1. The standard InChI is InChI=1S/C24H29N5O5S/c1-28-14-25-19-11-18(27-23(22(19)24(28)31)26-16-7-9-34-13-16)15-5-6-20(21(10-15)35(2,32)33)29-8-3-4-17(29)12-30/h5-6,10-11,14,16-17,30H,3-4,7-9,12-13H2,1-2H3,(H,26,27)/t16-,17-/m1/s1. The Bertz CT molecular complexity index is 1430. The fourth-order valence-corrected chi connectivity index (χ4v) is 5.77. The number of pyridine rings is 1. The van der Waals surface area contributed by atoms with Gasteiger partial charge in [-0.15, -0.1) is 0 Å². The fraction of sp³-hybridized carbons (Fsp3) is 0.458. The molecule has 1 aromatic carbocycles. The Morgan fingerprint density at radius 2 is 2.09 bits per heavy atom. The zero-order valence-electron chi connectivity index (χ0n) is 19.8. The molecule has 2 fully saturated rings. The van der Waals surface area contributed by atoms with Crippen LogP contribution in [0.15, 0.2) is 40.3 Å². The minimum absolute atomic E-state index is 0.0189. The third-order valence-electron chi connectivity index (χ3n) is 6.73. The predicted octanol–water partition coefficient (Wildman–Crippen LogP) is 1.56. The van der Waals surface area contributed by atoms with E-state index < -0.39 is 9.84 Å². The molecule has 0 amide bonds. The van der Waals surface area contributed by atoms with E-state index in [4.69, 9.17) is 9.72 Å². The number of nitrogens with zero attached hydrogens (tertiary/aromatic N) is 4. The molecule has 2 atom stereocenters. The molecule has 0 unspecified atom stereocenters. The van der Waals surface area contributed by atoms with E-state index >= 15 is 0 Å². The molecule has 0 radical (unpaired) electrons. The molecule has 5 rings (SSSR count). The molecule has 2 aliphatic rings. The number of aliphatic hydroxyl groups is 1. The van der Waals surface area contributed by atoms with Crippen molar-refractivity contribution < 1.29 is 18.3 Å². The summed E-state index contributed by atoms with van der Waals surface area (Å²) in [7, 11) is -1.93. The molecular formula is C24H29N5O5S. The number of nitrogens with one attached hydrogen (secondary N) is 1. The van der Waals surface area contributed by atoms with E-state index in [1.165, 1.54) is 17.2 Å². The fourth-order valence-electron chi connectivity index (χ4n) is 4.87. The molecular weight excluding hydrogens is 470 g/mol. The van der Waals surface area contributed by atoms with Crippen LogP contribution in [0, 0.1) is 0 Å². The third kappa shape index (κ3) is 4.51. The van der Waals surface area contributed by atoms with Gasteiger partial charge in [0.05, 0.1) is 53.4 Å². The average Bonchev–Trinajstić information content (AvgIpc) is 3.52. The lowest BCUT2D eigenvalue weighted by atomic mass is 10.1. The van der Waals surface area contributed by atoms with Crippen LogP contribution in [0.4, 0.5) is 11.5 Å². The molecule has 0 bridgehead atoms. The van der Waals surface area contributed by atoms with Crippen molar-refractivity contribution in [1.82, 2.24) is 14.5 Å². The second-order valence-corrected chi connectivity index (χ2v) is 11.2. The molecule has 0 aliphatic carbocycles. The minimum Gasteiger partial charge on any atom is -0.394 e. The number of aromatic nitrogens is 3. The van der Waals surface area contributed by atoms with Gasteiger partial charge in [-0.05, 0) is 37.5 Å². The van der Waals surface area contributed by atoms with Gasteiger partial charge in [-0.3, -0.25) is 4.79 Å². The third-order valence-corrected chi connectivity index (χ3v) is 7.85. The van der Waals surface area contributed by atoms with Gasteiger partial charge in [0.1, 0.15) is 11.2 Å². The van der Waals surface area contributed by atoms with Crippen LogP contribution in [0.25, 0.3) is 22.2 Å². The number of aliphatic hydroxyl groups excluding tert-OH is 1. The summed E-state index contributed by atoms with van der Waals surface area (Å²) in [6.07, 6.45) is 5.15. The van der Waals surface area contributed by atoms with Crippen molar-refractivity contribution in [3.8, 4) is 11.3 Å².